The quantitative estimate of drug-likeness (QED) is 0.0571. The van der Waals surface area contributed by atoms with Crippen molar-refractivity contribution in [3.05, 3.63) is 36.4 Å². The molecule has 2 aliphatic heterocycles. The minimum Gasteiger partial charge on any atom is -0.444 e. The molecule has 0 saturated carbocycles. The molecule has 0 spiro atoms. The van der Waals surface area contributed by atoms with E-state index in [1.807, 2.05) is 6.92 Å². The van der Waals surface area contributed by atoms with Crippen LogP contribution in [0.4, 0.5) is 16.3 Å². The number of alkyl carbamates (subject to hydrolysis) is 1. The summed E-state index contributed by atoms with van der Waals surface area (Å²) in [5.41, 5.74) is 6.74. The molecule has 278 valence electrons. The number of hydrogen-bond donors (Lipinski definition) is 7. The highest BCUT2D eigenvalue weighted by Crippen LogP contribution is 2.40. The maximum Gasteiger partial charge on any atom is 0.408 e. The number of fused-ring (bicyclic) bond motifs is 2. The van der Waals surface area contributed by atoms with Crippen molar-refractivity contribution in [1.82, 2.24) is 29.9 Å². The van der Waals surface area contributed by atoms with Crippen molar-refractivity contribution in [2.24, 2.45) is 0 Å². The van der Waals surface area contributed by atoms with E-state index in [2.05, 4.69) is 30.7 Å². The fourth-order valence-electron chi connectivity index (χ4n) is 5.65. The molecule has 1 fully saturated rings. The number of nitrogen functional groups attached to an aromatic ring is 1. The zero-order valence-electron chi connectivity index (χ0n) is 28.5. The number of benzene rings is 1. The van der Waals surface area contributed by atoms with E-state index in [9.17, 15) is 34.1 Å². The van der Waals surface area contributed by atoms with Gasteiger partial charge in [-0.15, -0.1) is 0 Å². The van der Waals surface area contributed by atoms with Crippen LogP contribution in [0.2, 0.25) is 0 Å². The molecular weight excluding hydrogens is 691 g/mol. The predicted octanol–water partition coefficient (Wildman–Crippen LogP) is 1.85. The average molecular weight is 735 g/mol. The Bertz CT molecular complexity index is 1800. The van der Waals surface area contributed by atoms with Gasteiger partial charge < -0.3 is 45.7 Å². The number of carbonyl (C=O) groups excluding carboxylic acids is 3. The first-order chi connectivity index (χ1) is 24.0. The van der Waals surface area contributed by atoms with E-state index >= 15 is 0 Å². The number of imidazole rings is 1. The zero-order valence-corrected chi connectivity index (χ0v) is 29.4. The molecule has 4 heterocycles. The van der Waals surface area contributed by atoms with Crippen molar-refractivity contribution in [3.8, 4) is 5.75 Å². The molecule has 1 aromatic carbocycles. The number of hydrogen-bond acceptors (Lipinski definition) is 14. The number of rotatable bonds is 13. The van der Waals surface area contributed by atoms with Gasteiger partial charge in [0.2, 0.25) is 5.91 Å². The maximum atomic E-state index is 13.3. The van der Waals surface area contributed by atoms with Crippen LogP contribution < -0.4 is 26.2 Å². The molecule has 3 aromatic rings. The predicted molar refractivity (Wildman–Crippen MR) is 180 cm³/mol. The van der Waals surface area contributed by atoms with Gasteiger partial charge in [-0.2, -0.15) is 0 Å². The SMILES string of the molecule is CC1CC(=O)Oc2cc(NC(=O)C(CCCCNP(=O)(O)OCC3O[C@H](n4cnc5c(N)ncnc54)C(O)C3O)NC(=O)OC(C)(C)C)ccc21. The normalized spacial score (nSPS) is 23.6. The van der Waals surface area contributed by atoms with Crippen LogP contribution in [0.3, 0.4) is 0 Å². The zero-order chi connectivity index (χ0) is 37.1. The van der Waals surface area contributed by atoms with Crippen molar-refractivity contribution in [3.63, 3.8) is 0 Å². The summed E-state index contributed by atoms with van der Waals surface area (Å²) in [6, 6.07) is 3.97. The Morgan fingerprint density at radius 1 is 1.18 bits per heavy atom. The summed E-state index contributed by atoms with van der Waals surface area (Å²) >= 11 is 0. The van der Waals surface area contributed by atoms with E-state index in [0.29, 0.717) is 24.3 Å². The van der Waals surface area contributed by atoms with E-state index in [1.165, 1.54) is 17.2 Å². The van der Waals surface area contributed by atoms with E-state index in [0.717, 1.165) is 5.56 Å². The van der Waals surface area contributed by atoms with Crippen molar-refractivity contribution in [1.29, 1.82) is 0 Å². The first-order valence-corrected chi connectivity index (χ1v) is 17.9. The molecule has 8 N–H and O–H groups in total. The number of ether oxygens (including phenoxy) is 3. The van der Waals surface area contributed by atoms with Crippen molar-refractivity contribution in [2.45, 2.75) is 95.5 Å². The van der Waals surface area contributed by atoms with Crippen molar-refractivity contribution < 1.29 is 52.8 Å². The first-order valence-electron chi connectivity index (χ1n) is 16.3. The molecule has 6 unspecified atom stereocenters. The number of aromatic nitrogens is 4. The van der Waals surface area contributed by atoms with Crippen LogP contribution >= 0.6 is 7.75 Å². The number of nitrogens with one attached hydrogen (secondary N) is 3. The monoisotopic (exact) mass is 734 g/mol. The summed E-state index contributed by atoms with van der Waals surface area (Å²) in [6.07, 6.45) is -2.46. The summed E-state index contributed by atoms with van der Waals surface area (Å²) in [6.45, 7) is 6.41. The van der Waals surface area contributed by atoms with E-state index in [-0.39, 0.29) is 48.3 Å². The number of aliphatic hydroxyl groups is 2. The van der Waals surface area contributed by atoms with Gasteiger partial charge in [0, 0.05) is 18.3 Å². The third-order valence-electron chi connectivity index (χ3n) is 8.16. The molecule has 7 atom stereocenters. The Hall–Kier alpha value is -4.23. The maximum absolute atomic E-state index is 13.3. The van der Waals surface area contributed by atoms with Gasteiger partial charge in [0.1, 0.15) is 47.5 Å². The Balaban J connectivity index is 1.11. The van der Waals surface area contributed by atoms with Crippen LogP contribution in [-0.4, -0.2) is 95.7 Å². The van der Waals surface area contributed by atoms with Crippen LogP contribution in [0.5, 0.6) is 5.75 Å². The third-order valence-corrected chi connectivity index (χ3v) is 9.28. The van der Waals surface area contributed by atoms with Gasteiger partial charge >= 0.3 is 19.8 Å². The van der Waals surface area contributed by atoms with Crippen LogP contribution in [-0.2, 0) is 28.2 Å². The van der Waals surface area contributed by atoms with E-state index in [4.69, 9.17) is 24.5 Å². The highest BCUT2D eigenvalue weighted by atomic mass is 31.2. The molecule has 0 bridgehead atoms. The Kier molecular flexibility index (Phi) is 11.6. The lowest BCUT2D eigenvalue weighted by atomic mass is 9.94. The number of unbranched alkanes of at least 4 members (excludes halogenated alkanes) is 1. The third kappa shape index (κ3) is 9.56. The van der Waals surface area contributed by atoms with Gasteiger partial charge in [0.25, 0.3) is 0 Å². The van der Waals surface area contributed by atoms with Gasteiger partial charge in [-0.3, -0.25) is 18.7 Å². The summed E-state index contributed by atoms with van der Waals surface area (Å²) < 4.78 is 35.6. The molecule has 2 aliphatic rings. The van der Waals surface area contributed by atoms with Gasteiger partial charge in [-0.25, -0.2) is 29.4 Å². The Morgan fingerprint density at radius 3 is 2.69 bits per heavy atom. The number of carbonyl (C=O) groups is 3. The molecule has 1 saturated heterocycles. The minimum atomic E-state index is -4.39. The molecule has 0 aliphatic carbocycles. The second kappa shape index (κ2) is 15.6. The summed E-state index contributed by atoms with van der Waals surface area (Å²) in [4.78, 5) is 60.2. The second-order valence-corrected chi connectivity index (χ2v) is 15.0. The lowest BCUT2D eigenvalue weighted by Crippen LogP contribution is -2.45. The number of amides is 2. The average Bonchev–Trinajstić information content (AvgIpc) is 3.59. The highest BCUT2D eigenvalue weighted by Gasteiger charge is 2.45. The lowest BCUT2D eigenvalue weighted by molar-refractivity contribution is -0.135. The van der Waals surface area contributed by atoms with Crippen LogP contribution in [0.1, 0.15) is 71.1 Å². The molecule has 2 aromatic heterocycles. The minimum absolute atomic E-state index is 0.00952. The fraction of sp³-hybridized carbons (Fsp3) is 0.548. The van der Waals surface area contributed by atoms with Crippen LogP contribution in [0.15, 0.2) is 30.9 Å². The molecule has 5 rings (SSSR count). The smallest absolute Gasteiger partial charge is 0.408 e. The summed E-state index contributed by atoms with van der Waals surface area (Å²) in [5, 5.41) is 28.9. The largest absolute Gasteiger partial charge is 0.444 e. The Morgan fingerprint density at radius 2 is 1.94 bits per heavy atom. The van der Waals surface area contributed by atoms with Crippen LogP contribution in [0.25, 0.3) is 11.2 Å². The van der Waals surface area contributed by atoms with Gasteiger partial charge in [0.05, 0.1) is 19.4 Å². The summed E-state index contributed by atoms with van der Waals surface area (Å²) in [5.74, 6) is -0.475. The molecule has 20 heteroatoms. The number of esters is 1. The standard InChI is InChI=1S/C31H43N8O11P/c1-16-11-22(40)48-20-12-17(8-9-18(16)20)37-28(43)19(38-30(44)50-31(2,3)4)7-5-6-10-36-51(45,46)47-13-21-24(41)25(42)29(49-21)39-15-35-23-26(32)33-14-34-27(23)39/h8-9,12,14-16,19,21,24-25,29,41-42H,5-7,10-11,13H2,1-4H3,(H,37,43)(H,38,44)(H2,32,33,34)(H2,36,45,46)/t16?,19?,21?,24?,25?,29-/m0/s1. The lowest BCUT2D eigenvalue weighted by Gasteiger charge is -2.24. The summed E-state index contributed by atoms with van der Waals surface area (Å²) in [7, 11) is -4.39. The topological polar surface area (TPSA) is 272 Å². The number of nitrogens with two attached hydrogens (primary N) is 1. The first kappa shape index (κ1) is 38.0. The number of nitrogens with zero attached hydrogens (tertiary/aromatic N) is 4. The number of anilines is 2. The molecule has 2 amide bonds. The number of aliphatic hydroxyl groups excluding tert-OH is 2. The van der Waals surface area contributed by atoms with Gasteiger partial charge in [0.15, 0.2) is 17.7 Å². The molecule has 0 radical (unpaired) electrons. The van der Waals surface area contributed by atoms with E-state index < -0.39 is 62.5 Å². The van der Waals surface area contributed by atoms with Crippen molar-refractivity contribution >= 4 is 48.4 Å². The highest BCUT2D eigenvalue weighted by molar-refractivity contribution is 7.50. The van der Waals surface area contributed by atoms with Crippen LogP contribution in [0, 0.1) is 0 Å². The van der Waals surface area contributed by atoms with Gasteiger partial charge in [-0.05, 0) is 57.6 Å². The van der Waals surface area contributed by atoms with Crippen molar-refractivity contribution in [2.75, 3.05) is 24.2 Å². The molecule has 51 heavy (non-hydrogen) atoms. The fourth-order valence-corrected chi connectivity index (χ4v) is 6.53. The Labute approximate surface area is 292 Å². The van der Waals surface area contributed by atoms with E-state index in [1.54, 1.807) is 39.0 Å². The molecule has 19 nitrogen and oxygen atoms in total. The second-order valence-electron chi connectivity index (χ2n) is 13.4. The van der Waals surface area contributed by atoms with Gasteiger partial charge in [-0.1, -0.05) is 13.0 Å². The molecular formula is C31H43N8O11P.